The van der Waals surface area contributed by atoms with Crippen LogP contribution < -0.4 is 27.2 Å². The maximum Gasteiger partial charge on any atom is 0.338 e. The van der Waals surface area contributed by atoms with Crippen LogP contribution in [0.4, 0.5) is 5.95 Å². The van der Waals surface area contributed by atoms with E-state index in [4.69, 9.17) is 38.9 Å². The third kappa shape index (κ3) is 18.0. The van der Waals surface area contributed by atoms with Crippen LogP contribution in [0.1, 0.15) is 178 Å². The van der Waals surface area contributed by atoms with Crippen LogP contribution in [0.5, 0.6) is 0 Å². The Bertz CT molecular complexity index is 4840. The van der Waals surface area contributed by atoms with Gasteiger partial charge in [0.2, 0.25) is 17.6 Å². The average molecular weight is 1540 g/mol. The fraction of sp³-hybridized carbons (Fsp3) is 0.434. The SMILES string of the molecule is CC(=O)O[C@H]1C(=O)[C@]2(OC(=O)C/C=C/C(C)(C)OC(C)(C)CCc3nnc(CNC(=O)CCCNC(=O)c4ccc(CCc5cnc6nc(N)[nH]c(=O)c6n5)cc4)cc3C)CC[C@H]3OC[C@@]3(OC(C)=O)[C@H]2[C@H](OC(=O)c2ccccc2)[C@]2(O)C[C@H](OC(=O)[C@H](O)[C@@H](NC(=O)c3ccccc3)c3ccccc3)C(C)=C1C2(C)C. The first-order valence-electron chi connectivity index (χ1n) is 37.2. The Hall–Kier alpha value is -11.3. The Morgan fingerprint density at radius 2 is 1.45 bits per heavy atom. The Morgan fingerprint density at radius 3 is 2.10 bits per heavy atom. The molecule has 3 aromatic heterocycles. The second-order valence-electron chi connectivity index (χ2n) is 30.6. The molecule has 1 aliphatic heterocycles. The molecule has 2 saturated carbocycles. The maximum atomic E-state index is 16.6. The lowest BCUT2D eigenvalue weighted by Gasteiger charge is -2.66. The van der Waals surface area contributed by atoms with Crippen molar-refractivity contribution < 1.29 is 86.5 Å². The molecule has 7 aromatic rings. The van der Waals surface area contributed by atoms with Crippen LogP contribution in [-0.2, 0) is 87.7 Å². The van der Waals surface area contributed by atoms with Gasteiger partial charge in [0.05, 0.1) is 71.6 Å². The topological polar surface area (TPSA) is 418 Å². The van der Waals surface area contributed by atoms with Crippen molar-refractivity contribution in [3.8, 4) is 0 Å². The predicted octanol–water partition coefficient (Wildman–Crippen LogP) is 7.51. The fourth-order valence-electron chi connectivity index (χ4n) is 15.8. The molecule has 4 heterocycles. The number of ketones is 1. The number of aliphatic hydroxyl groups excluding tert-OH is 1. The first-order chi connectivity index (χ1) is 53.1. The van der Waals surface area contributed by atoms with Crippen molar-refractivity contribution in [2.45, 2.75) is 205 Å². The Kier molecular flexibility index (Phi) is 24.6. The summed E-state index contributed by atoms with van der Waals surface area (Å²) in [4.78, 5) is 156. The molecule has 0 radical (unpaired) electrons. The zero-order chi connectivity index (χ0) is 80.7. The van der Waals surface area contributed by atoms with Crippen molar-refractivity contribution in [1.29, 1.82) is 0 Å². The predicted molar refractivity (Wildman–Crippen MR) is 405 cm³/mol. The van der Waals surface area contributed by atoms with Crippen molar-refractivity contribution in [3.63, 3.8) is 0 Å². The molecule has 11 rings (SSSR count). The summed E-state index contributed by atoms with van der Waals surface area (Å²) in [5.41, 5.74) is -0.965. The standard InChI is InChI=1S/C83H94N10O19/c1-47-42-57(45-86-61(96)28-21-41-85-72(100)54-33-30-51(31-34-54)32-35-56-44-87-71-65(88-56)74(102)91-77(84)90-71)92-93-58(47)36-39-79(7,8)112-78(5,6)38-20-29-62(97)111-81-40-37-60-82(46-106-60,110-50(4)95)68(81)70(109-75(103)55-26-18-13-19-27-55)83(105)43-59(48(2)63(80(83,9)10)67(69(81)99)107-49(3)94)108-76(104)66(98)64(52-22-14-11-15-23-52)89-73(101)53-24-16-12-17-25-53/h11-20,22-27,30-31,33-34,38,42,44,59-60,64,66-68,70,98,105H,21,28-29,32,35-37,39-41,43,45-46H2,1-10H3,(H,85,100)(H,86,96)(H,89,101)(H3,84,87,90,91,102)/b38-20+/t59-,60+,64-,66+,67+,68-,70-,81-,82-,83+/m0/s1. The van der Waals surface area contributed by atoms with Gasteiger partial charge in [-0.3, -0.25) is 43.3 Å². The molecule has 0 unspecified atom stereocenters. The number of aliphatic hydroxyl groups is 2. The van der Waals surface area contributed by atoms with E-state index in [0.29, 0.717) is 60.3 Å². The largest absolute Gasteiger partial charge is 0.456 e. The number of aromatic nitrogens is 6. The van der Waals surface area contributed by atoms with Gasteiger partial charge >= 0.3 is 29.8 Å². The number of anilines is 1. The van der Waals surface area contributed by atoms with Crippen molar-refractivity contribution >= 4 is 70.5 Å². The molecular weight excluding hydrogens is 1440 g/mol. The van der Waals surface area contributed by atoms with Gasteiger partial charge in [-0.1, -0.05) is 105 Å². The van der Waals surface area contributed by atoms with Gasteiger partial charge in [-0.25, -0.2) is 19.6 Å². The molecule has 3 fully saturated rings. The van der Waals surface area contributed by atoms with Crippen LogP contribution in [-0.4, -0.2) is 165 Å². The van der Waals surface area contributed by atoms with Crippen molar-refractivity contribution in [2.24, 2.45) is 11.3 Å². The number of amides is 3. The Balaban J connectivity index is 0.756. The Labute approximate surface area is 646 Å². The molecule has 29 heteroatoms. The van der Waals surface area contributed by atoms with E-state index in [1.807, 2.05) is 39.0 Å². The molecule has 3 amide bonds. The molecule has 10 atom stereocenters. The van der Waals surface area contributed by atoms with E-state index in [1.54, 1.807) is 117 Å². The monoisotopic (exact) mass is 1530 g/mol. The van der Waals surface area contributed by atoms with E-state index in [2.05, 4.69) is 46.1 Å². The van der Waals surface area contributed by atoms with E-state index >= 15 is 9.59 Å². The van der Waals surface area contributed by atoms with Crippen molar-refractivity contribution in [3.05, 3.63) is 212 Å². The number of H-pyrrole nitrogens is 1. The number of nitrogens with two attached hydrogens (primary N) is 1. The molecule has 590 valence electrons. The van der Waals surface area contributed by atoms with Gasteiger partial charge in [0.1, 0.15) is 23.9 Å². The number of Topliss-reactive ketones (excluding diaryl/α,β-unsaturated/α-hetero) is 1. The van der Waals surface area contributed by atoms with Gasteiger partial charge < -0.3 is 65.1 Å². The molecule has 112 heavy (non-hydrogen) atoms. The van der Waals surface area contributed by atoms with Gasteiger partial charge in [0.15, 0.2) is 34.6 Å². The number of hydrogen-bond acceptors (Lipinski definition) is 25. The second-order valence-corrected chi connectivity index (χ2v) is 30.6. The van der Waals surface area contributed by atoms with Crippen molar-refractivity contribution in [1.82, 2.24) is 46.1 Å². The van der Waals surface area contributed by atoms with Gasteiger partial charge in [-0.05, 0) is 157 Å². The average Bonchev–Trinajstić information content (AvgIpc) is 0.669. The van der Waals surface area contributed by atoms with E-state index in [0.717, 1.165) is 25.0 Å². The zero-order valence-electron chi connectivity index (χ0n) is 64.2. The van der Waals surface area contributed by atoms with Crippen LogP contribution in [0.3, 0.4) is 0 Å². The molecule has 4 aromatic carbocycles. The number of fused-ring (bicyclic) bond motifs is 6. The van der Waals surface area contributed by atoms with Gasteiger partial charge in [-0.2, -0.15) is 15.2 Å². The van der Waals surface area contributed by atoms with Crippen LogP contribution in [0.15, 0.2) is 156 Å². The molecular formula is C83H94N10O19. The zero-order valence-corrected chi connectivity index (χ0v) is 64.2. The number of benzene rings is 4. The minimum Gasteiger partial charge on any atom is -0.456 e. The second kappa shape index (κ2) is 33.7. The quantitative estimate of drug-likeness (QED) is 0.0103. The lowest BCUT2D eigenvalue weighted by molar-refractivity contribution is -0.342. The number of esters is 5. The lowest BCUT2D eigenvalue weighted by atomic mass is 9.48. The summed E-state index contributed by atoms with van der Waals surface area (Å²) < 4.78 is 44.7. The van der Waals surface area contributed by atoms with Crippen LogP contribution in [0, 0.1) is 18.3 Å². The molecule has 0 spiro atoms. The number of nitrogen functional groups attached to an aromatic ring is 1. The Morgan fingerprint density at radius 1 is 0.777 bits per heavy atom. The lowest BCUT2D eigenvalue weighted by Crippen LogP contribution is -2.82. The van der Waals surface area contributed by atoms with Crippen LogP contribution in [0.2, 0.25) is 0 Å². The fourth-order valence-corrected chi connectivity index (χ4v) is 15.8. The number of rotatable bonds is 29. The first-order valence-corrected chi connectivity index (χ1v) is 37.2. The van der Waals surface area contributed by atoms with Crippen molar-refractivity contribution in [2.75, 3.05) is 18.9 Å². The number of carbonyl (C=O) groups excluding carboxylic acids is 9. The minimum atomic E-state index is -2.59. The third-order valence-electron chi connectivity index (χ3n) is 21.3. The highest BCUT2D eigenvalue weighted by atomic mass is 16.6. The number of aryl methyl sites for hydroxylation is 4. The number of aromatic amines is 1. The molecule has 29 nitrogen and oxygen atoms in total. The van der Waals surface area contributed by atoms with Gasteiger partial charge in [0.25, 0.3) is 17.4 Å². The number of nitrogens with one attached hydrogen (secondary N) is 4. The smallest absolute Gasteiger partial charge is 0.338 e. The van der Waals surface area contributed by atoms with E-state index < -0.39 is 149 Å². The molecule has 2 bridgehead atoms. The molecule has 4 aliphatic rings. The van der Waals surface area contributed by atoms with Crippen LogP contribution in [0.25, 0.3) is 11.2 Å². The summed E-state index contributed by atoms with van der Waals surface area (Å²) in [6, 6.07) is 31.5. The summed E-state index contributed by atoms with van der Waals surface area (Å²) in [5.74, 6) is -9.34. The summed E-state index contributed by atoms with van der Waals surface area (Å²) in [5, 5.41) is 43.8. The number of ether oxygens (including phenoxy) is 7. The normalized spacial score (nSPS) is 22.4. The summed E-state index contributed by atoms with van der Waals surface area (Å²) in [6.07, 6.45) is -3.40. The third-order valence-corrected chi connectivity index (χ3v) is 21.3. The van der Waals surface area contributed by atoms with Crippen LogP contribution >= 0.6 is 0 Å². The number of nitrogens with zero attached hydrogens (tertiary/aromatic N) is 5. The summed E-state index contributed by atoms with van der Waals surface area (Å²) in [7, 11) is 0. The maximum absolute atomic E-state index is 16.6. The molecule has 3 aliphatic carbocycles. The number of carbonyl (C=O) groups is 9. The van der Waals surface area contributed by atoms with Gasteiger partial charge in [-0.15, -0.1) is 0 Å². The van der Waals surface area contributed by atoms with E-state index in [1.165, 1.54) is 39.0 Å². The highest BCUT2D eigenvalue weighted by Gasteiger charge is 2.79. The van der Waals surface area contributed by atoms with Gasteiger partial charge in [0, 0.05) is 49.8 Å². The number of hydrogen-bond donors (Lipinski definition) is 7. The molecule has 8 N–H and O–H groups in total. The highest BCUT2D eigenvalue weighted by molar-refractivity contribution is 5.99. The molecule has 1 saturated heterocycles. The highest BCUT2D eigenvalue weighted by Crippen LogP contribution is 2.63. The minimum absolute atomic E-state index is 0.0152. The first kappa shape index (κ1) is 81.7. The van der Waals surface area contributed by atoms with E-state index in [-0.39, 0.29) is 77.1 Å². The summed E-state index contributed by atoms with van der Waals surface area (Å²) >= 11 is 0. The van der Waals surface area contributed by atoms with E-state index in [9.17, 15) is 48.6 Å². The summed E-state index contributed by atoms with van der Waals surface area (Å²) in [6.45, 7) is 15.9.